The van der Waals surface area contributed by atoms with Crippen molar-refractivity contribution in [1.82, 2.24) is 0 Å². The van der Waals surface area contributed by atoms with Crippen LogP contribution in [0.3, 0.4) is 0 Å². The minimum absolute atomic E-state index is 0.0782. The Hall–Kier alpha value is -2.37. The summed E-state index contributed by atoms with van der Waals surface area (Å²) < 4.78 is 16.8. The molecule has 6 nitrogen and oxygen atoms in total. The second kappa shape index (κ2) is 49.3. The molecule has 0 bridgehead atoms. The molecule has 0 aliphatic heterocycles. The number of carbonyl (C=O) groups is 3. The molecule has 60 heavy (non-hydrogen) atoms. The molecule has 0 aromatic carbocycles. The van der Waals surface area contributed by atoms with Crippen molar-refractivity contribution in [3.05, 3.63) is 36.5 Å². The largest absolute Gasteiger partial charge is 0.462 e. The van der Waals surface area contributed by atoms with Crippen LogP contribution in [0.25, 0.3) is 0 Å². The Morgan fingerprint density at radius 1 is 0.317 bits per heavy atom. The van der Waals surface area contributed by atoms with E-state index in [0.29, 0.717) is 19.3 Å². The van der Waals surface area contributed by atoms with Gasteiger partial charge < -0.3 is 14.2 Å². The average molecular weight is 843 g/mol. The molecule has 0 aliphatic rings. The van der Waals surface area contributed by atoms with Crippen LogP contribution < -0.4 is 0 Å². The van der Waals surface area contributed by atoms with Crippen LogP contribution in [0, 0.1) is 0 Å². The van der Waals surface area contributed by atoms with E-state index >= 15 is 0 Å². The maximum atomic E-state index is 12.8. The third-order valence-electron chi connectivity index (χ3n) is 11.3. The molecule has 0 aromatic rings. The van der Waals surface area contributed by atoms with E-state index in [9.17, 15) is 14.4 Å². The Labute approximate surface area is 372 Å². The molecule has 0 rings (SSSR count). The zero-order chi connectivity index (χ0) is 43.7. The number of rotatable bonds is 47. The number of hydrogen-bond donors (Lipinski definition) is 0. The van der Waals surface area contributed by atoms with Crippen molar-refractivity contribution in [1.29, 1.82) is 0 Å². The van der Waals surface area contributed by atoms with E-state index in [1.807, 2.05) is 0 Å². The minimum Gasteiger partial charge on any atom is -0.462 e. The summed E-state index contributed by atoms with van der Waals surface area (Å²) in [5, 5.41) is 0. The summed E-state index contributed by atoms with van der Waals surface area (Å²) in [6.45, 7) is 6.60. The van der Waals surface area contributed by atoms with Gasteiger partial charge in [-0.05, 0) is 96.3 Å². The molecule has 0 spiro atoms. The third kappa shape index (κ3) is 46.7. The van der Waals surface area contributed by atoms with Crippen LogP contribution in [-0.4, -0.2) is 37.2 Å². The van der Waals surface area contributed by atoms with E-state index in [1.165, 1.54) is 154 Å². The Morgan fingerprint density at radius 3 is 0.833 bits per heavy atom. The van der Waals surface area contributed by atoms with Gasteiger partial charge in [-0.3, -0.25) is 14.4 Å². The van der Waals surface area contributed by atoms with E-state index < -0.39 is 6.10 Å². The van der Waals surface area contributed by atoms with Crippen LogP contribution in [0.1, 0.15) is 271 Å². The van der Waals surface area contributed by atoms with Crippen LogP contribution in [0.2, 0.25) is 0 Å². The molecular formula is C54H98O6. The van der Waals surface area contributed by atoms with Crippen molar-refractivity contribution >= 4 is 17.9 Å². The van der Waals surface area contributed by atoms with E-state index in [-0.39, 0.29) is 31.1 Å². The van der Waals surface area contributed by atoms with Crippen LogP contribution in [-0.2, 0) is 28.6 Å². The van der Waals surface area contributed by atoms with Crippen molar-refractivity contribution < 1.29 is 28.6 Å². The van der Waals surface area contributed by atoms with Gasteiger partial charge in [0.2, 0.25) is 0 Å². The normalized spacial score (nSPS) is 12.2. The predicted molar refractivity (Wildman–Crippen MR) is 256 cm³/mol. The van der Waals surface area contributed by atoms with Crippen molar-refractivity contribution in [3.63, 3.8) is 0 Å². The van der Waals surface area contributed by atoms with Gasteiger partial charge in [0.15, 0.2) is 6.10 Å². The number of allylic oxidation sites excluding steroid dienone is 6. The highest BCUT2D eigenvalue weighted by Crippen LogP contribution is 2.14. The summed E-state index contributed by atoms with van der Waals surface area (Å²) in [5.41, 5.74) is 0. The first-order valence-corrected chi connectivity index (χ1v) is 26.0. The Morgan fingerprint density at radius 2 is 0.550 bits per heavy atom. The summed E-state index contributed by atoms with van der Waals surface area (Å²) in [6.07, 6.45) is 56.9. The van der Waals surface area contributed by atoms with Crippen LogP contribution in [0.15, 0.2) is 36.5 Å². The van der Waals surface area contributed by atoms with Gasteiger partial charge in [-0.15, -0.1) is 0 Å². The molecule has 0 N–H and O–H groups in total. The van der Waals surface area contributed by atoms with Gasteiger partial charge >= 0.3 is 17.9 Å². The lowest BCUT2D eigenvalue weighted by molar-refractivity contribution is -0.167. The molecular weight excluding hydrogens is 745 g/mol. The molecule has 0 atom stereocenters. The Bertz CT molecular complexity index is 962. The second-order valence-electron chi connectivity index (χ2n) is 17.4. The molecule has 0 unspecified atom stereocenters. The number of ether oxygens (including phenoxy) is 3. The fourth-order valence-corrected chi connectivity index (χ4v) is 7.37. The molecule has 0 saturated carbocycles. The first-order valence-electron chi connectivity index (χ1n) is 26.0. The van der Waals surface area contributed by atoms with E-state index in [2.05, 4.69) is 57.2 Å². The van der Waals surface area contributed by atoms with E-state index in [0.717, 1.165) is 77.0 Å². The van der Waals surface area contributed by atoms with E-state index in [1.54, 1.807) is 0 Å². The van der Waals surface area contributed by atoms with Crippen LogP contribution in [0.5, 0.6) is 0 Å². The maximum absolute atomic E-state index is 12.8. The Kier molecular flexibility index (Phi) is 47.3. The lowest BCUT2D eigenvalue weighted by atomic mass is 10.1. The molecule has 0 heterocycles. The highest BCUT2D eigenvalue weighted by molar-refractivity contribution is 5.71. The molecule has 0 fully saturated rings. The summed E-state index contributed by atoms with van der Waals surface area (Å²) in [5.74, 6) is -0.888. The van der Waals surface area contributed by atoms with Crippen molar-refractivity contribution in [3.8, 4) is 0 Å². The van der Waals surface area contributed by atoms with Crippen molar-refractivity contribution in [2.45, 2.75) is 277 Å². The van der Waals surface area contributed by atoms with Crippen LogP contribution >= 0.6 is 0 Å². The molecule has 350 valence electrons. The van der Waals surface area contributed by atoms with Gasteiger partial charge in [-0.25, -0.2) is 0 Å². The van der Waals surface area contributed by atoms with Gasteiger partial charge in [0.1, 0.15) is 13.2 Å². The van der Waals surface area contributed by atoms with Gasteiger partial charge in [-0.2, -0.15) is 0 Å². The van der Waals surface area contributed by atoms with Gasteiger partial charge in [0.05, 0.1) is 0 Å². The molecule has 0 saturated heterocycles. The maximum Gasteiger partial charge on any atom is 0.306 e. The second-order valence-corrected chi connectivity index (χ2v) is 17.4. The standard InChI is InChI=1S/C54H98O6/c1-4-7-10-13-16-19-22-25-28-31-34-37-40-43-46-52(55)58-49-51(60-54(57)48-45-42-39-36-33-30-27-24-21-18-15-12-9-6-3)50-59-53(56)47-44-41-38-35-32-29-26-23-20-17-14-11-8-5-2/h19-24,51H,4-18,25-50H2,1-3H3. The quantitative estimate of drug-likeness (QED) is 0.0263. The number of hydrogen-bond acceptors (Lipinski definition) is 6. The number of unbranched alkanes of at least 4 members (excludes halogenated alkanes) is 30. The summed E-state index contributed by atoms with van der Waals surface area (Å²) in [7, 11) is 0. The van der Waals surface area contributed by atoms with Crippen molar-refractivity contribution in [2.24, 2.45) is 0 Å². The highest BCUT2D eigenvalue weighted by Gasteiger charge is 2.19. The van der Waals surface area contributed by atoms with E-state index in [4.69, 9.17) is 14.2 Å². The number of esters is 3. The summed E-state index contributed by atoms with van der Waals surface area (Å²) in [4.78, 5) is 37.9. The first kappa shape index (κ1) is 57.6. The smallest absolute Gasteiger partial charge is 0.306 e. The fourth-order valence-electron chi connectivity index (χ4n) is 7.37. The monoisotopic (exact) mass is 843 g/mol. The molecule has 0 aliphatic carbocycles. The summed E-state index contributed by atoms with van der Waals surface area (Å²) in [6, 6.07) is 0. The predicted octanol–water partition coefficient (Wildman–Crippen LogP) is 16.9. The summed E-state index contributed by atoms with van der Waals surface area (Å²) >= 11 is 0. The van der Waals surface area contributed by atoms with Gasteiger partial charge in [0.25, 0.3) is 0 Å². The van der Waals surface area contributed by atoms with Crippen LogP contribution in [0.4, 0.5) is 0 Å². The zero-order valence-electron chi connectivity index (χ0n) is 40.0. The molecule has 0 radical (unpaired) electrons. The molecule has 0 amide bonds. The fraction of sp³-hybridized carbons (Fsp3) is 0.833. The SMILES string of the molecule is CCCCCCC=CCCCCCCCCC(=O)OCC(COC(=O)CCCCCCCCC=CCCCCCC)OC(=O)CCCCCCCCC=CCCCCCC. The first-order chi connectivity index (χ1) is 29.5. The minimum atomic E-state index is -0.777. The van der Waals surface area contributed by atoms with Crippen molar-refractivity contribution in [2.75, 3.05) is 13.2 Å². The average Bonchev–Trinajstić information content (AvgIpc) is 3.24. The zero-order valence-corrected chi connectivity index (χ0v) is 40.0. The molecule has 6 heteroatoms. The third-order valence-corrected chi connectivity index (χ3v) is 11.3. The lowest BCUT2D eigenvalue weighted by Gasteiger charge is -2.18. The molecule has 0 aromatic heterocycles. The highest BCUT2D eigenvalue weighted by atomic mass is 16.6. The number of carbonyl (C=O) groups excluding carboxylic acids is 3. The van der Waals surface area contributed by atoms with Gasteiger partial charge in [0, 0.05) is 19.3 Å². The Balaban J connectivity index is 4.39. The van der Waals surface area contributed by atoms with Gasteiger partial charge in [-0.1, -0.05) is 192 Å². The lowest BCUT2D eigenvalue weighted by Crippen LogP contribution is -2.30. The topological polar surface area (TPSA) is 78.9 Å².